The predicted molar refractivity (Wildman–Crippen MR) is 144 cm³/mol. The van der Waals surface area contributed by atoms with Crippen LogP contribution in [0.5, 0.6) is 5.75 Å². The van der Waals surface area contributed by atoms with E-state index in [2.05, 4.69) is 32.5 Å². The zero-order chi connectivity index (χ0) is 25.9. The molecule has 1 saturated heterocycles. The number of hydrogen-bond acceptors (Lipinski definition) is 8. The second-order valence-corrected chi connectivity index (χ2v) is 10.4. The lowest BCUT2D eigenvalue weighted by atomic mass is 10.1. The van der Waals surface area contributed by atoms with Crippen LogP contribution in [0.2, 0.25) is 0 Å². The predicted octanol–water partition coefficient (Wildman–Crippen LogP) is 3.17. The summed E-state index contributed by atoms with van der Waals surface area (Å²) in [5, 5.41) is 6.42. The summed E-state index contributed by atoms with van der Waals surface area (Å²) in [6.07, 6.45) is 8.86. The number of nitrogens with zero attached hydrogens (tertiary/aromatic N) is 5. The molecule has 2 aliphatic heterocycles. The van der Waals surface area contributed by atoms with E-state index in [1.54, 1.807) is 37.4 Å². The number of rotatable bonds is 6. The van der Waals surface area contributed by atoms with Gasteiger partial charge in [-0.2, -0.15) is 4.98 Å². The normalized spacial score (nSPS) is 20.9. The molecule has 10 heteroatoms. The summed E-state index contributed by atoms with van der Waals surface area (Å²) in [7, 11) is 5.45. The van der Waals surface area contributed by atoms with E-state index in [-0.39, 0.29) is 17.9 Å². The first-order valence-corrected chi connectivity index (χ1v) is 13.3. The van der Waals surface area contributed by atoms with E-state index in [0.717, 1.165) is 50.3 Å². The summed E-state index contributed by atoms with van der Waals surface area (Å²) in [6, 6.07) is 5.88. The second kappa shape index (κ2) is 10.9. The van der Waals surface area contributed by atoms with Gasteiger partial charge in [0.2, 0.25) is 11.9 Å². The maximum absolute atomic E-state index is 12.9. The molecule has 2 fully saturated rings. The van der Waals surface area contributed by atoms with Gasteiger partial charge in [-0.1, -0.05) is 12.8 Å². The summed E-state index contributed by atoms with van der Waals surface area (Å²) in [6.45, 7) is 2.58. The molecule has 0 radical (unpaired) electrons. The van der Waals surface area contributed by atoms with Crippen molar-refractivity contribution < 1.29 is 14.3 Å². The van der Waals surface area contributed by atoms with Crippen molar-refractivity contribution in [2.75, 3.05) is 56.0 Å². The number of aromatic nitrogens is 2. The monoisotopic (exact) mass is 507 g/mol. The van der Waals surface area contributed by atoms with Crippen LogP contribution in [0.4, 0.5) is 23.1 Å². The van der Waals surface area contributed by atoms with Crippen LogP contribution >= 0.6 is 0 Å². The Bertz CT molecular complexity index is 1150. The first-order valence-electron chi connectivity index (χ1n) is 13.3. The van der Waals surface area contributed by atoms with Gasteiger partial charge in [0.15, 0.2) is 5.82 Å². The summed E-state index contributed by atoms with van der Waals surface area (Å²) in [5.74, 6) is 1.70. The lowest BCUT2D eigenvalue weighted by Crippen LogP contribution is -2.46. The molecule has 1 aromatic heterocycles. The number of ether oxygens (including phenoxy) is 1. The van der Waals surface area contributed by atoms with Gasteiger partial charge in [-0.15, -0.1) is 0 Å². The average molecular weight is 508 g/mol. The maximum Gasteiger partial charge on any atom is 0.251 e. The molecule has 2 N–H and O–H groups in total. The fourth-order valence-corrected chi connectivity index (χ4v) is 5.68. The lowest BCUT2D eigenvalue weighted by Gasteiger charge is -2.30. The third-order valence-corrected chi connectivity index (χ3v) is 7.76. The number of likely N-dealkylation sites (tertiary alicyclic amines) is 1. The fourth-order valence-electron chi connectivity index (χ4n) is 5.68. The minimum atomic E-state index is -0.105. The number of methoxy groups -OCH3 is 1. The molecular formula is C27H37N7O3. The van der Waals surface area contributed by atoms with Gasteiger partial charge in [0.05, 0.1) is 19.0 Å². The summed E-state index contributed by atoms with van der Waals surface area (Å²) < 4.78 is 5.61. The van der Waals surface area contributed by atoms with Crippen LogP contribution in [0.3, 0.4) is 0 Å². The number of amides is 2. The van der Waals surface area contributed by atoms with Crippen molar-refractivity contribution in [3.05, 3.63) is 30.0 Å². The molecule has 2 aromatic rings. The summed E-state index contributed by atoms with van der Waals surface area (Å²) in [5.41, 5.74) is 1.94. The van der Waals surface area contributed by atoms with Gasteiger partial charge >= 0.3 is 0 Å². The molecule has 3 heterocycles. The second-order valence-electron chi connectivity index (χ2n) is 10.4. The van der Waals surface area contributed by atoms with Gasteiger partial charge in [0.1, 0.15) is 11.4 Å². The molecule has 37 heavy (non-hydrogen) atoms. The minimum Gasteiger partial charge on any atom is -0.495 e. The van der Waals surface area contributed by atoms with E-state index < -0.39 is 0 Å². The van der Waals surface area contributed by atoms with Gasteiger partial charge in [-0.25, -0.2) is 4.98 Å². The molecule has 0 spiro atoms. The minimum absolute atomic E-state index is 0.0708. The first-order chi connectivity index (χ1) is 17.9. The number of benzene rings is 1. The van der Waals surface area contributed by atoms with Gasteiger partial charge < -0.3 is 30.1 Å². The Morgan fingerprint density at radius 1 is 1.11 bits per heavy atom. The molecule has 1 unspecified atom stereocenters. The zero-order valence-electron chi connectivity index (χ0n) is 22.0. The highest BCUT2D eigenvalue weighted by Gasteiger charge is 2.31. The number of piperidine rings is 1. The van der Waals surface area contributed by atoms with Gasteiger partial charge in [-0.05, 0) is 57.5 Å². The van der Waals surface area contributed by atoms with Crippen LogP contribution < -0.4 is 25.2 Å². The SMILES string of the molecule is COc1cc(C(=O)NC2CCCN(C)C2)ccc1Nc1ncc2c(n1)N(C1CCCC1)CCC(=O)N2C. The third-order valence-electron chi connectivity index (χ3n) is 7.76. The number of carbonyl (C=O) groups is 2. The van der Waals surface area contributed by atoms with Gasteiger partial charge in [-0.3, -0.25) is 9.59 Å². The Morgan fingerprint density at radius 3 is 2.68 bits per heavy atom. The highest BCUT2D eigenvalue weighted by Crippen LogP contribution is 2.37. The van der Waals surface area contributed by atoms with Crippen molar-refractivity contribution in [1.29, 1.82) is 0 Å². The standard InChI is InChI=1S/C27H37N7O3/c1-32-13-6-7-19(17-32)29-26(36)18-10-11-21(23(15-18)37-3)30-27-28-16-22-25(31-27)34(20-8-4-5-9-20)14-12-24(35)33(22)2/h10-11,15-16,19-20H,4-9,12-14,17H2,1-3H3,(H,29,36)(H,28,30,31). The van der Waals surface area contributed by atoms with Crippen molar-refractivity contribution in [3.63, 3.8) is 0 Å². The van der Waals surface area contributed by atoms with Crippen molar-refractivity contribution in [1.82, 2.24) is 20.2 Å². The Labute approximate surface area is 218 Å². The Hall–Kier alpha value is -3.40. The van der Waals surface area contributed by atoms with Crippen LogP contribution in [0.25, 0.3) is 0 Å². The molecule has 198 valence electrons. The lowest BCUT2D eigenvalue weighted by molar-refractivity contribution is -0.118. The topological polar surface area (TPSA) is 103 Å². The van der Waals surface area contributed by atoms with E-state index in [0.29, 0.717) is 42.0 Å². The van der Waals surface area contributed by atoms with Gasteiger partial charge in [0, 0.05) is 44.2 Å². The molecule has 1 atom stereocenters. The van der Waals surface area contributed by atoms with Crippen molar-refractivity contribution in [3.8, 4) is 5.75 Å². The molecule has 3 aliphatic rings. The van der Waals surface area contributed by atoms with Crippen molar-refractivity contribution >= 4 is 35.0 Å². The number of likely N-dealkylation sites (N-methyl/N-ethyl adjacent to an activating group) is 1. The Kier molecular flexibility index (Phi) is 7.45. The largest absolute Gasteiger partial charge is 0.495 e. The van der Waals surface area contributed by atoms with Crippen LogP contribution in [-0.2, 0) is 4.79 Å². The molecule has 1 saturated carbocycles. The van der Waals surface area contributed by atoms with E-state index >= 15 is 0 Å². The van der Waals surface area contributed by atoms with E-state index in [9.17, 15) is 9.59 Å². The van der Waals surface area contributed by atoms with E-state index in [1.807, 2.05) is 6.07 Å². The van der Waals surface area contributed by atoms with Crippen molar-refractivity contribution in [2.24, 2.45) is 0 Å². The number of anilines is 4. The quantitative estimate of drug-likeness (QED) is 0.615. The smallest absolute Gasteiger partial charge is 0.251 e. The number of nitrogens with one attached hydrogen (secondary N) is 2. The van der Waals surface area contributed by atoms with Crippen LogP contribution in [0, 0.1) is 0 Å². The molecular weight excluding hydrogens is 470 g/mol. The molecule has 2 amide bonds. The average Bonchev–Trinajstić information content (AvgIpc) is 3.39. The van der Waals surface area contributed by atoms with Crippen LogP contribution in [0.1, 0.15) is 55.3 Å². The van der Waals surface area contributed by atoms with Crippen LogP contribution in [-0.4, -0.2) is 79.6 Å². The fraction of sp³-hybridized carbons (Fsp3) is 0.556. The number of carbonyl (C=O) groups excluding carboxylic acids is 2. The Morgan fingerprint density at radius 2 is 1.92 bits per heavy atom. The molecule has 1 aromatic carbocycles. The zero-order valence-corrected chi connectivity index (χ0v) is 22.0. The molecule has 5 rings (SSSR count). The summed E-state index contributed by atoms with van der Waals surface area (Å²) >= 11 is 0. The molecule has 0 bridgehead atoms. The highest BCUT2D eigenvalue weighted by atomic mass is 16.5. The van der Waals surface area contributed by atoms with Gasteiger partial charge in [0.25, 0.3) is 5.91 Å². The first kappa shape index (κ1) is 25.3. The van der Waals surface area contributed by atoms with E-state index in [1.165, 1.54) is 12.8 Å². The molecule has 1 aliphatic carbocycles. The maximum atomic E-state index is 12.9. The highest BCUT2D eigenvalue weighted by molar-refractivity contribution is 5.97. The summed E-state index contributed by atoms with van der Waals surface area (Å²) in [4.78, 5) is 41.1. The number of fused-ring (bicyclic) bond motifs is 1. The third kappa shape index (κ3) is 5.49. The molecule has 10 nitrogen and oxygen atoms in total. The van der Waals surface area contributed by atoms with Crippen molar-refractivity contribution in [2.45, 2.75) is 57.0 Å². The number of hydrogen-bond donors (Lipinski definition) is 2. The van der Waals surface area contributed by atoms with E-state index in [4.69, 9.17) is 9.72 Å². The Balaban J connectivity index is 1.37. The van der Waals surface area contributed by atoms with Crippen LogP contribution in [0.15, 0.2) is 24.4 Å².